The smallest absolute Gasteiger partial charge is 0.0855 e. The lowest BCUT2D eigenvalue weighted by Crippen LogP contribution is -2.04. The minimum Gasteiger partial charge on any atom is -0.113 e. The Labute approximate surface area is 131 Å². The van der Waals surface area contributed by atoms with E-state index in [4.69, 9.17) is 23.2 Å². The maximum absolute atomic E-state index is 6.76. The Hall–Kier alpha value is -0.980. The van der Waals surface area contributed by atoms with Gasteiger partial charge in [-0.25, -0.2) is 0 Å². The average molecular weight is 307 g/mol. The van der Waals surface area contributed by atoms with Crippen molar-refractivity contribution in [2.24, 2.45) is 0 Å². The second-order valence-electron chi connectivity index (χ2n) is 5.56. The van der Waals surface area contributed by atoms with Gasteiger partial charge in [-0.15, -0.1) is 11.6 Å². The Bertz CT molecular complexity index is 631. The van der Waals surface area contributed by atoms with Gasteiger partial charge < -0.3 is 0 Å². The maximum Gasteiger partial charge on any atom is 0.0855 e. The van der Waals surface area contributed by atoms with E-state index in [2.05, 4.69) is 39.8 Å². The van der Waals surface area contributed by atoms with E-state index >= 15 is 0 Å². The number of benzene rings is 2. The van der Waals surface area contributed by atoms with Gasteiger partial charge in [-0.3, -0.25) is 0 Å². The molecule has 2 aromatic carbocycles. The van der Waals surface area contributed by atoms with Crippen molar-refractivity contribution in [2.75, 3.05) is 0 Å². The van der Waals surface area contributed by atoms with E-state index in [9.17, 15) is 0 Å². The van der Waals surface area contributed by atoms with E-state index in [0.29, 0.717) is 0 Å². The highest BCUT2D eigenvalue weighted by atomic mass is 35.5. The van der Waals surface area contributed by atoms with Gasteiger partial charge in [0.25, 0.3) is 0 Å². The summed E-state index contributed by atoms with van der Waals surface area (Å²) in [6.07, 6.45) is 0. The molecule has 0 saturated carbocycles. The Kier molecular flexibility index (Phi) is 4.46. The molecule has 0 heterocycles. The summed E-state index contributed by atoms with van der Waals surface area (Å²) >= 11 is 13.1. The number of alkyl halides is 1. The van der Waals surface area contributed by atoms with Crippen molar-refractivity contribution in [1.82, 2.24) is 0 Å². The molecule has 0 aliphatic heterocycles. The van der Waals surface area contributed by atoms with Crippen LogP contribution in [0.2, 0.25) is 5.02 Å². The monoisotopic (exact) mass is 306 g/mol. The maximum atomic E-state index is 6.76. The van der Waals surface area contributed by atoms with Gasteiger partial charge in [-0.05, 0) is 79.6 Å². The van der Waals surface area contributed by atoms with Gasteiger partial charge >= 0.3 is 0 Å². The Balaban J connectivity index is 2.62. The van der Waals surface area contributed by atoms with E-state index in [1.807, 2.05) is 19.1 Å². The molecule has 0 radical (unpaired) electrons. The molecular weight excluding hydrogens is 287 g/mol. The Morgan fingerprint density at radius 3 is 1.90 bits per heavy atom. The van der Waals surface area contributed by atoms with Crippen LogP contribution in [0.1, 0.15) is 44.3 Å². The van der Waals surface area contributed by atoms with Crippen LogP contribution >= 0.6 is 23.2 Å². The molecule has 2 aromatic rings. The Morgan fingerprint density at radius 1 is 0.850 bits per heavy atom. The molecule has 1 atom stereocenters. The fraction of sp³-hybridized carbons (Fsp3) is 0.333. The zero-order valence-corrected chi connectivity index (χ0v) is 14.2. The summed E-state index contributed by atoms with van der Waals surface area (Å²) in [5.41, 5.74) is 8.38. The molecule has 0 bridgehead atoms. The highest BCUT2D eigenvalue weighted by Crippen LogP contribution is 2.38. The highest BCUT2D eigenvalue weighted by molar-refractivity contribution is 6.33. The molecule has 0 amide bonds. The molecule has 0 aliphatic carbocycles. The van der Waals surface area contributed by atoms with Gasteiger partial charge in [0.1, 0.15) is 0 Å². The van der Waals surface area contributed by atoms with Gasteiger partial charge in [-0.1, -0.05) is 29.8 Å². The van der Waals surface area contributed by atoms with Crippen molar-refractivity contribution in [3.05, 3.63) is 68.2 Å². The van der Waals surface area contributed by atoms with Crippen LogP contribution in [0.4, 0.5) is 0 Å². The molecule has 0 aliphatic rings. The molecule has 2 heteroatoms. The summed E-state index contributed by atoms with van der Waals surface area (Å²) in [6, 6.07) is 8.28. The molecule has 0 aromatic heterocycles. The Morgan fingerprint density at radius 2 is 1.40 bits per heavy atom. The molecule has 2 rings (SSSR count). The third-order valence-corrected chi connectivity index (χ3v) is 4.89. The molecule has 0 spiro atoms. The summed E-state index contributed by atoms with van der Waals surface area (Å²) < 4.78 is 0. The van der Waals surface area contributed by atoms with Crippen LogP contribution in [0.15, 0.2) is 24.3 Å². The van der Waals surface area contributed by atoms with Crippen LogP contribution in [-0.4, -0.2) is 0 Å². The lowest BCUT2D eigenvalue weighted by molar-refractivity contribution is 1.05. The van der Waals surface area contributed by atoms with Crippen LogP contribution in [0.3, 0.4) is 0 Å². The van der Waals surface area contributed by atoms with Crippen molar-refractivity contribution in [2.45, 2.75) is 40.0 Å². The highest BCUT2D eigenvalue weighted by Gasteiger charge is 2.20. The molecular formula is C18H20Cl2. The van der Waals surface area contributed by atoms with Crippen molar-refractivity contribution < 1.29 is 0 Å². The molecule has 0 saturated heterocycles. The quantitative estimate of drug-likeness (QED) is 0.579. The van der Waals surface area contributed by atoms with Gasteiger partial charge in [0.15, 0.2) is 0 Å². The topological polar surface area (TPSA) is 0 Å². The molecule has 0 nitrogen and oxygen atoms in total. The van der Waals surface area contributed by atoms with Crippen LogP contribution in [-0.2, 0) is 0 Å². The van der Waals surface area contributed by atoms with E-state index in [1.54, 1.807) is 0 Å². The minimum absolute atomic E-state index is 0.207. The second kappa shape index (κ2) is 5.79. The van der Waals surface area contributed by atoms with Crippen LogP contribution in [0.5, 0.6) is 0 Å². The van der Waals surface area contributed by atoms with Crippen LogP contribution < -0.4 is 0 Å². The van der Waals surface area contributed by atoms with Crippen LogP contribution in [0.25, 0.3) is 0 Å². The molecule has 0 N–H and O–H groups in total. The second-order valence-corrected chi connectivity index (χ2v) is 6.41. The first kappa shape index (κ1) is 15.4. The van der Waals surface area contributed by atoms with E-state index < -0.39 is 0 Å². The fourth-order valence-electron chi connectivity index (χ4n) is 2.62. The van der Waals surface area contributed by atoms with Gasteiger partial charge in [0.05, 0.1) is 5.38 Å². The predicted octanol–water partition coefficient (Wildman–Crippen LogP) is 6.21. The average Bonchev–Trinajstić information content (AvgIpc) is 2.36. The van der Waals surface area contributed by atoms with Crippen molar-refractivity contribution >= 4 is 23.2 Å². The number of hydrogen-bond acceptors (Lipinski definition) is 0. The minimum atomic E-state index is -0.207. The number of aryl methyl sites for hydroxylation is 3. The summed E-state index contributed by atoms with van der Waals surface area (Å²) in [4.78, 5) is 0. The summed E-state index contributed by atoms with van der Waals surface area (Å²) in [5, 5.41) is 0.532. The molecule has 1 unspecified atom stereocenters. The third-order valence-electron chi connectivity index (χ3n) is 4.11. The lowest BCUT2D eigenvalue weighted by Gasteiger charge is -2.21. The third kappa shape index (κ3) is 2.73. The summed E-state index contributed by atoms with van der Waals surface area (Å²) in [7, 11) is 0. The first-order chi connectivity index (χ1) is 9.32. The van der Waals surface area contributed by atoms with Crippen molar-refractivity contribution in [1.29, 1.82) is 0 Å². The molecule has 106 valence electrons. The van der Waals surface area contributed by atoms with E-state index in [-0.39, 0.29) is 5.38 Å². The van der Waals surface area contributed by atoms with E-state index in [0.717, 1.165) is 16.1 Å². The SMILES string of the molecule is Cc1ccc(C(Cl)c2c(C)c(C)cc(C)c2C)c(Cl)c1. The zero-order valence-electron chi connectivity index (χ0n) is 12.6. The first-order valence-electron chi connectivity index (χ1n) is 6.80. The summed E-state index contributed by atoms with van der Waals surface area (Å²) in [6.45, 7) is 10.6. The first-order valence-corrected chi connectivity index (χ1v) is 7.61. The van der Waals surface area contributed by atoms with Gasteiger partial charge in [0.2, 0.25) is 0 Å². The lowest BCUT2D eigenvalue weighted by atomic mass is 9.89. The zero-order chi connectivity index (χ0) is 15.0. The van der Waals surface area contributed by atoms with Gasteiger partial charge in [0, 0.05) is 5.02 Å². The largest absolute Gasteiger partial charge is 0.113 e. The molecule has 0 fully saturated rings. The predicted molar refractivity (Wildman–Crippen MR) is 89.3 cm³/mol. The normalized spacial score (nSPS) is 12.6. The number of halogens is 2. The number of rotatable bonds is 2. The standard InChI is InChI=1S/C18H20Cl2/c1-10-6-7-15(16(19)8-10)18(20)17-13(4)11(2)9-12(3)14(17)5/h6-9,18H,1-5H3. The number of hydrogen-bond donors (Lipinski definition) is 0. The van der Waals surface area contributed by atoms with E-state index in [1.165, 1.54) is 27.8 Å². The molecule has 20 heavy (non-hydrogen) atoms. The van der Waals surface area contributed by atoms with Gasteiger partial charge in [-0.2, -0.15) is 0 Å². The van der Waals surface area contributed by atoms with Crippen molar-refractivity contribution in [3.63, 3.8) is 0 Å². The van der Waals surface area contributed by atoms with Crippen LogP contribution in [0, 0.1) is 34.6 Å². The van der Waals surface area contributed by atoms with Crippen molar-refractivity contribution in [3.8, 4) is 0 Å². The fourth-order valence-corrected chi connectivity index (χ4v) is 3.54. The summed E-state index contributed by atoms with van der Waals surface area (Å²) in [5.74, 6) is 0.